The van der Waals surface area contributed by atoms with Crippen LogP contribution < -0.4 is 31.7 Å². The van der Waals surface area contributed by atoms with Gasteiger partial charge in [0.15, 0.2) is 5.96 Å². The zero-order valence-corrected chi connectivity index (χ0v) is 26.1. The monoisotopic (exact) mass is 635 g/mol. The number of guanidine groups is 1. The number of anilines is 1. The van der Waals surface area contributed by atoms with E-state index in [9.17, 15) is 19.2 Å². The van der Waals surface area contributed by atoms with Crippen molar-refractivity contribution in [3.63, 3.8) is 0 Å². The summed E-state index contributed by atoms with van der Waals surface area (Å²) in [6, 6.07) is 30.9. The second kappa shape index (κ2) is 15.7. The first-order valence-electron chi connectivity index (χ1n) is 14.7. The Labute approximate surface area is 272 Å². The summed E-state index contributed by atoms with van der Waals surface area (Å²) in [5.41, 5.74) is 14.1. The van der Waals surface area contributed by atoms with Gasteiger partial charge in [0.05, 0.1) is 12.3 Å². The van der Waals surface area contributed by atoms with Crippen molar-refractivity contribution < 1.29 is 23.9 Å². The van der Waals surface area contributed by atoms with Crippen molar-refractivity contribution in [3.8, 4) is 5.75 Å². The number of nitrogens with two attached hydrogens (primary N) is 2. The lowest BCUT2D eigenvalue weighted by molar-refractivity contribution is -0.150. The number of nitrogens with zero attached hydrogens (tertiary/aromatic N) is 2. The lowest BCUT2D eigenvalue weighted by Crippen LogP contribution is -2.56. The number of primary amides is 1. The maximum Gasteiger partial charge on any atom is 0.355 e. The zero-order valence-electron chi connectivity index (χ0n) is 26.1. The molecule has 0 radical (unpaired) electrons. The summed E-state index contributed by atoms with van der Waals surface area (Å²) in [6.45, 7) is 0.184. The van der Waals surface area contributed by atoms with Crippen LogP contribution in [-0.4, -0.2) is 54.9 Å². The summed E-state index contributed by atoms with van der Waals surface area (Å²) in [7, 11) is 3.05. The van der Waals surface area contributed by atoms with Crippen molar-refractivity contribution in [2.45, 2.75) is 25.0 Å². The largest absolute Gasteiger partial charge is 0.424 e. The van der Waals surface area contributed by atoms with E-state index in [2.05, 4.69) is 10.6 Å². The SMILES string of the molecule is CN(C(=N)N)c1cccc(CC(=O)N(C)C(NC(=O)C(c2ccccc2)c2ccccc2)C(=O)Oc2ccc(CNC(N)=O)cc2)c1. The molecule has 0 aliphatic rings. The quantitative estimate of drug-likeness (QED) is 0.0521. The maximum absolute atomic E-state index is 14.0. The van der Waals surface area contributed by atoms with Crippen molar-refractivity contribution in [1.82, 2.24) is 15.5 Å². The van der Waals surface area contributed by atoms with Crippen LogP contribution in [0.4, 0.5) is 10.5 Å². The van der Waals surface area contributed by atoms with Crippen molar-refractivity contribution >= 4 is 35.5 Å². The molecule has 4 rings (SSSR count). The Morgan fingerprint density at radius 1 is 0.787 bits per heavy atom. The lowest BCUT2D eigenvalue weighted by atomic mass is 9.90. The van der Waals surface area contributed by atoms with E-state index in [0.717, 1.165) is 4.90 Å². The van der Waals surface area contributed by atoms with Gasteiger partial charge in [0.2, 0.25) is 18.0 Å². The Kier molecular flexibility index (Phi) is 11.3. The van der Waals surface area contributed by atoms with Gasteiger partial charge in [-0.1, -0.05) is 84.9 Å². The molecule has 0 bridgehead atoms. The third-order valence-corrected chi connectivity index (χ3v) is 7.43. The zero-order chi connectivity index (χ0) is 33.9. The average Bonchev–Trinajstić information content (AvgIpc) is 3.07. The number of carbonyl (C=O) groups excluding carboxylic acids is 4. The predicted octanol–water partition coefficient (Wildman–Crippen LogP) is 3.07. The van der Waals surface area contributed by atoms with E-state index in [0.29, 0.717) is 27.9 Å². The number of hydrogen-bond acceptors (Lipinski definition) is 6. The number of rotatable bonds is 12. The van der Waals surface area contributed by atoms with Crippen LogP contribution in [0.25, 0.3) is 0 Å². The van der Waals surface area contributed by atoms with Crippen LogP contribution in [0.2, 0.25) is 0 Å². The fourth-order valence-electron chi connectivity index (χ4n) is 4.81. The Morgan fingerprint density at radius 3 is 1.94 bits per heavy atom. The minimum Gasteiger partial charge on any atom is -0.424 e. The van der Waals surface area contributed by atoms with Gasteiger partial charge in [-0.05, 0) is 46.5 Å². The van der Waals surface area contributed by atoms with Gasteiger partial charge in [0.25, 0.3) is 0 Å². The molecule has 4 aromatic rings. The number of esters is 1. The molecule has 4 amide bonds. The maximum atomic E-state index is 14.0. The van der Waals surface area contributed by atoms with Gasteiger partial charge in [-0.3, -0.25) is 15.0 Å². The number of nitrogens with one attached hydrogen (secondary N) is 3. The fourth-order valence-corrected chi connectivity index (χ4v) is 4.81. The fraction of sp³-hybridized carbons (Fsp3) is 0.171. The molecular weight excluding hydrogens is 598 g/mol. The molecular formula is C35H37N7O5. The Morgan fingerprint density at radius 2 is 1.38 bits per heavy atom. The van der Waals surface area contributed by atoms with Crippen molar-refractivity contribution in [1.29, 1.82) is 5.41 Å². The molecule has 4 aromatic carbocycles. The second-order valence-corrected chi connectivity index (χ2v) is 10.7. The highest BCUT2D eigenvalue weighted by Gasteiger charge is 2.34. The lowest BCUT2D eigenvalue weighted by Gasteiger charge is -2.29. The van der Waals surface area contributed by atoms with Gasteiger partial charge >= 0.3 is 12.0 Å². The molecule has 7 N–H and O–H groups in total. The molecule has 0 saturated carbocycles. The van der Waals surface area contributed by atoms with Crippen LogP contribution >= 0.6 is 0 Å². The summed E-state index contributed by atoms with van der Waals surface area (Å²) in [6.07, 6.45) is -1.61. The Balaban J connectivity index is 1.61. The summed E-state index contributed by atoms with van der Waals surface area (Å²) in [4.78, 5) is 55.0. The number of benzene rings is 4. The van der Waals surface area contributed by atoms with Gasteiger partial charge in [-0.2, -0.15) is 0 Å². The van der Waals surface area contributed by atoms with Gasteiger partial charge < -0.3 is 36.6 Å². The van der Waals surface area contributed by atoms with Crippen LogP contribution in [0.15, 0.2) is 109 Å². The summed E-state index contributed by atoms with van der Waals surface area (Å²) >= 11 is 0. The molecule has 0 saturated heterocycles. The topological polar surface area (TPSA) is 184 Å². The molecule has 242 valence electrons. The second-order valence-electron chi connectivity index (χ2n) is 10.7. The number of urea groups is 1. The van der Waals surface area contributed by atoms with Gasteiger partial charge in [0.1, 0.15) is 5.75 Å². The highest BCUT2D eigenvalue weighted by atomic mass is 16.5. The summed E-state index contributed by atoms with van der Waals surface area (Å²) in [5.74, 6) is -2.66. The predicted molar refractivity (Wildman–Crippen MR) is 178 cm³/mol. The van der Waals surface area contributed by atoms with E-state index < -0.39 is 35.9 Å². The van der Waals surface area contributed by atoms with Gasteiger partial charge in [-0.25, -0.2) is 9.59 Å². The Hall–Kier alpha value is -6.17. The molecule has 1 atom stereocenters. The standard InChI is InChI=1S/C35H37N7O5/c1-41(34(36)37)27-15-9-10-24(20-27)21-29(43)42(2)31(33(45)47-28-18-16-23(17-19-28)22-39-35(38)46)40-32(44)30(25-11-5-3-6-12-25)26-13-7-4-8-14-26/h3-20,30-31H,21-22H2,1-2H3,(H3,36,37)(H,40,44)(H3,38,39,46). The first-order valence-corrected chi connectivity index (χ1v) is 14.7. The number of amides is 4. The van der Waals surface area contributed by atoms with Crippen LogP contribution in [0, 0.1) is 5.41 Å². The molecule has 0 fully saturated rings. The smallest absolute Gasteiger partial charge is 0.355 e. The summed E-state index contributed by atoms with van der Waals surface area (Å²) in [5, 5.41) is 13.0. The highest BCUT2D eigenvalue weighted by molar-refractivity contribution is 5.94. The number of ether oxygens (including phenoxy) is 1. The molecule has 1 unspecified atom stereocenters. The van der Waals surface area contributed by atoms with Crippen molar-refractivity contribution in [2.24, 2.45) is 11.5 Å². The van der Waals surface area contributed by atoms with E-state index in [1.807, 2.05) is 60.7 Å². The summed E-state index contributed by atoms with van der Waals surface area (Å²) < 4.78 is 5.64. The van der Waals surface area contributed by atoms with Crippen LogP contribution in [0.5, 0.6) is 5.75 Å². The molecule has 47 heavy (non-hydrogen) atoms. The minimum absolute atomic E-state index is 0.113. The molecule has 0 spiro atoms. The number of hydrogen-bond donors (Lipinski definition) is 5. The van der Waals surface area contributed by atoms with E-state index in [-0.39, 0.29) is 24.7 Å². The molecule has 12 nitrogen and oxygen atoms in total. The minimum atomic E-state index is -1.50. The molecule has 0 heterocycles. The van der Waals surface area contributed by atoms with E-state index in [1.165, 1.54) is 24.1 Å². The van der Waals surface area contributed by atoms with E-state index in [1.54, 1.807) is 43.4 Å². The first-order chi connectivity index (χ1) is 22.5. The van der Waals surface area contributed by atoms with E-state index in [4.69, 9.17) is 21.6 Å². The number of carbonyl (C=O) groups is 4. The molecule has 0 aliphatic heterocycles. The van der Waals surface area contributed by atoms with E-state index >= 15 is 0 Å². The van der Waals surface area contributed by atoms with Gasteiger partial charge in [-0.15, -0.1) is 0 Å². The van der Waals surface area contributed by atoms with Crippen LogP contribution in [-0.2, 0) is 27.3 Å². The van der Waals surface area contributed by atoms with Crippen molar-refractivity contribution in [3.05, 3.63) is 131 Å². The van der Waals surface area contributed by atoms with Crippen molar-refractivity contribution in [2.75, 3.05) is 19.0 Å². The highest BCUT2D eigenvalue weighted by Crippen LogP contribution is 2.25. The van der Waals surface area contributed by atoms with Crippen LogP contribution in [0.1, 0.15) is 28.2 Å². The third-order valence-electron chi connectivity index (χ3n) is 7.43. The Bertz CT molecular complexity index is 1680. The number of likely N-dealkylation sites (N-methyl/N-ethyl adjacent to an activating group) is 1. The first kappa shape index (κ1) is 33.7. The van der Waals surface area contributed by atoms with Gasteiger partial charge in [0, 0.05) is 26.3 Å². The molecule has 12 heteroatoms. The average molecular weight is 636 g/mol. The molecule has 0 aromatic heterocycles. The normalized spacial score (nSPS) is 11.2. The third kappa shape index (κ3) is 9.17. The molecule has 0 aliphatic carbocycles. The van der Waals surface area contributed by atoms with Crippen LogP contribution in [0.3, 0.4) is 0 Å².